The van der Waals surface area contributed by atoms with Crippen molar-refractivity contribution in [1.29, 1.82) is 0 Å². The molecule has 0 rings (SSSR count). The van der Waals surface area contributed by atoms with Crippen LogP contribution in [0.2, 0.25) is 0 Å². The summed E-state index contributed by atoms with van der Waals surface area (Å²) in [5.41, 5.74) is -2.66. The van der Waals surface area contributed by atoms with E-state index in [1.165, 1.54) is 116 Å². The fourth-order valence-electron chi connectivity index (χ4n) is 7.50. The summed E-state index contributed by atoms with van der Waals surface area (Å²) in [4.78, 5) is 21.6. The Balaban J connectivity index is -0.000000565. The first-order valence-corrected chi connectivity index (χ1v) is 27.4. The number of allylic oxidation sites excluding steroid dienone is 4. The van der Waals surface area contributed by atoms with Crippen molar-refractivity contribution in [1.82, 2.24) is 0 Å². The van der Waals surface area contributed by atoms with Gasteiger partial charge in [0.2, 0.25) is 20.8 Å². The van der Waals surface area contributed by atoms with Crippen LogP contribution in [0, 0.1) is 0 Å². The zero-order chi connectivity index (χ0) is 48.3. The van der Waals surface area contributed by atoms with Crippen molar-refractivity contribution in [3.63, 3.8) is 0 Å². The summed E-state index contributed by atoms with van der Waals surface area (Å²) in [6, 6.07) is 0. The zero-order valence-corrected chi connectivity index (χ0v) is 47.5. The summed E-state index contributed by atoms with van der Waals surface area (Å²) < 4.78 is 71.6. The third-order valence-corrected chi connectivity index (χ3v) is 12.4. The van der Waals surface area contributed by atoms with Crippen LogP contribution in [0.1, 0.15) is 245 Å². The van der Waals surface area contributed by atoms with E-state index in [0.717, 1.165) is 64.2 Å². The van der Waals surface area contributed by atoms with E-state index in [2.05, 4.69) is 46.5 Å². The van der Waals surface area contributed by atoms with Crippen molar-refractivity contribution < 1.29 is 123 Å². The zero-order valence-electron chi connectivity index (χ0n) is 41.9. The Bertz CT molecular complexity index is 1300. The summed E-state index contributed by atoms with van der Waals surface area (Å²) in [7, 11) is -9.62. The van der Waals surface area contributed by atoms with Crippen molar-refractivity contribution in [3.05, 3.63) is 24.3 Å². The first-order valence-electron chi connectivity index (χ1n) is 24.8. The van der Waals surface area contributed by atoms with Gasteiger partial charge in [0.15, 0.2) is 0 Å². The predicted molar refractivity (Wildman–Crippen MR) is 252 cm³/mol. The molecule has 18 heteroatoms. The molecule has 0 aliphatic heterocycles. The minimum absolute atomic E-state index is 0. The van der Waals surface area contributed by atoms with Gasteiger partial charge in [0.05, 0.1) is 24.4 Å². The summed E-state index contributed by atoms with van der Waals surface area (Å²) in [5.74, 6) is -2.05. The maximum Gasteiger partial charge on any atom is 1.00 e. The minimum Gasteiger partial charge on any atom is -0.726 e. The van der Waals surface area contributed by atoms with E-state index < -0.39 is 57.2 Å². The van der Waals surface area contributed by atoms with Crippen LogP contribution in [0.15, 0.2) is 24.3 Å². The molecule has 0 saturated heterocycles. The molecule has 0 aromatic rings. The second kappa shape index (κ2) is 48.7. The molecule has 0 fully saturated rings. The quantitative estimate of drug-likeness (QED) is 0.0186. The average Bonchev–Trinajstić information content (AvgIpc) is 3.21. The molecular weight excluding hydrogens is 911 g/mol. The fourth-order valence-corrected chi connectivity index (χ4v) is 8.07. The summed E-state index contributed by atoms with van der Waals surface area (Å²) in [6.45, 7) is 3.60. The molecule has 0 aliphatic rings. The summed E-state index contributed by atoms with van der Waals surface area (Å²) in [6.07, 6.45) is 42.2. The first kappa shape index (κ1) is 72.6. The Kier molecular flexibility index (Phi) is 53.6. The van der Waals surface area contributed by atoms with Gasteiger partial charge in [0, 0.05) is 25.7 Å². The fraction of sp³-hybridized carbons (Fsp3) is 0.875. The molecule has 0 heterocycles. The van der Waals surface area contributed by atoms with Gasteiger partial charge in [-0.3, -0.25) is 18.0 Å². The van der Waals surface area contributed by atoms with Gasteiger partial charge in [0.25, 0.3) is 0 Å². The molecule has 0 amide bonds. The smallest absolute Gasteiger partial charge is 0.726 e. The van der Waals surface area contributed by atoms with Crippen LogP contribution >= 0.6 is 0 Å². The van der Waals surface area contributed by atoms with E-state index in [1.807, 2.05) is 0 Å². The molecule has 0 saturated carbocycles. The van der Waals surface area contributed by atoms with E-state index >= 15 is 0 Å². The standard InChI is InChI=1S/2C24H46O7S.2Na/c2*1-2-3-4-5-6-7-8-9-10-11-12-13-14-15-16-17-19-24(27,20-18-23(25)26)21-22-31-32(28,29)30;;/h2*9-10,27H,2-8,11-22H2,1H3,(H,25,26)(H,28,29,30);;/q;;2*+1/p-2/b2*10-9-;;. The second-order valence-corrected chi connectivity index (χ2v) is 19.7. The number of carbonyl (C=O) groups is 2. The number of rotatable bonds is 46. The number of hydrogen-bond acceptors (Lipinski definition) is 12. The van der Waals surface area contributed by atoms with E-state index in [0.29, 0.717) is 12.8 Å². The van der Waals surface area contributed by atoms with Crippen LogP contribution in [0.25, 0.3) is 0 Å². The van der Waals surface area contributed by atoms with Crippen molar-refractivity contribution in [2.24, 2.45) is 0 Å². The number of aliphatic carboxylic acids is 2. The number of carboxylic acids is 2. The van der Waals surface area contributed by atoms with Crippen LogP contribution in [-0.2, 0) is 38.8 Å². The molecule has 14 nitrogen and oxygen atoms in total. The molecule has 0 aromatic carbocycles. The molecule has 0 radical (unpaired) electrons. The van der Waals surface area contributed by atoms with Crippen LogP contribution in [0.5, 0.6) is 0 Å². The van der Waals surface area contributed by atoms with Crippen molar-refractivity contribution in [2.75, 3.05) is 13.2 Å². The maximum atomic E-state index is 10.8. The van der Waals surface area contributed by atoms with Crippen molar-refractivity contribution in [3.8, 4) is 0 Å². The Labute approximate surface area is 446 Å². The van der Waals surface area contributed by atoms with E-state index in [1.54, 1.807) is 0 Å². The van der Waals surface area contributed by atoms with E-state index in [9.17, 15) is 45.7 Å². The Hall–Kier alpha value is 0.0800. The average molecular weight is 1000 g/mol. The van der Waals surface area contributed by atoms with Gasteiger partial charge in [0.1, 0.15) is 0 Å². The third kappa shape index (κ3) is 58.4. The van der Waals surface area contributed by atoms with E-state index in [-0.39, 0.29) is 97.6 Å². The summed E-state index contributed by atoms with van der Waals surface area (Å²) in [5, 5.41) is 39.0. The largest absolute Gasteiger partial charge is 1.00 e. The SMILES string of the molecule is CCCCCCCC/C=C\CCCCCCCCC(O)(CCOS(=O)(=O)[O-])CCC(=O)O.CCCCCCCC/C=C\CCCCCCCCC(O)(CCOS(=O)(=O)[O-])CCC(=O)O.[Na+].[Na+]. The monoisotopic (exact) mass is 1000 g/mol. The van der Waals surface area contributed by atoms with Crippen molar-refractivity contribution >= 4 is 32.7 Å². The molecule has 0 aromatic heterocycles. The molecule has 66 heavy (non-hydrogen) atoms. The van der Waals surface area contributed by atoms with Crippen LogP contribution in [-0.4, -0.2) is 82.7 Å². The molecule has 0 aliphatic carbocycles. The van der Waals surface area contributed by atoms with Crippen LogP contribution in [0.3, 0.4) is 0 Å². The second-order valence-electron chi connectivity index (χ2n) is 17.6. The molecule has 4 N–H and O–H groups in total. The van der Waals surface area contributed by atoms with Crippen LogP contribution < -0.4 is 59.1 Å². The Morgan fingerprint density at radius 1 is 0.424 bits per heavy atom. The summed E-state index contributed by atoms with van der Waals surface area (Å²) >= 11 is 0. The molecule has 0 bridgehead atoms. The number of hydrogen-bond donors (Lipinski definition) is 4. The van der Waals surface area contributed by atoms with Gasteiger partial charge in [-0.1, -0.05) is 167 Å². The van der Waals surface area contributed by atoms with Gasteiger partial charge in [-0.2, -0.15) is 0 Å². The van der Waals surface area contributed by atoms with E-state index in [4.69, 9.17) is 10.2 Å². The van der Waals surface area contributed by atoms with Gasteiger partial charge in [-0.05, 0) is 77.0 Å². The number of carboxylic acid groups (broad SMARTS) is 2. The van der Waals surface area contributed by atoms with Gasteiger partial charge >= 0.3 is 71.1 Å². The number of unbranched alkanes of at least 4 members (excludes halogenated alkanes) is 24. The molecule has 2 unspecified atom stereocenters. The van der Waals surface area contributed by atoms with Crippen LogP contribution in [0.4, 0.5) is 0 Å². The normalized spacial score (nSPS) is 13.7. The Morgan fingerprint density at radius 2 is 0.667 bits per heavy atom. The van der Waals surface area contributed by atoms with Crippen molar-refractivity contribution in [2.45, 2.75) is 256 Å². The molecular formula is C48H90Na2O14S2. The van der Waals surface area contributed by atoms with Gasteiger partial charge in [-0.25, -0.2) is 16.8 Å². The van der Waals surface area contributed by atoms with Gasteiger partial charge < -0.3 is 29.5 Å². The first-order chi connectivity index (χ1) is 30.4. The number of aliphatic hydroxyl groups is 2. The third-order valence-electron chi connectivity index (χ3n) is 11.5. The topological polar surface area (TPSA) is 248 Å². The Morgan fingerprint density at radius 3 is 0.909 bits per heavy atom. The molecule has 380 valence electrons. The van der Waals surface area contributed by atoms with Gasteiger partial charge in [-0.15, -0.1) is 0 Å². The predicted octanol–water partition coefficient (Wildman–Crippen LogP) is 5.76. The maximum absolute atomic E-state index is 10.8. The molecule has 0 spiro atoms. The molecule has 2 atom stereocenters. The minimum atomic E-state index is -4.81.